The van der Waals surface area contributed by atoms with E-state index in [0.29, 0.717) is 22.7 Å². The van der Waals surface area contributed by atoms with Gasteiger partial charge in [-0.1, -0.05) is 19.9 Å². The molecule has 148 valence electrons. The predicted molar refractivity (Wildman–Crippen MR) is 111 cm³/mol. The number of halogens is 1. The van der Waals surface area contributed by atoms with Crippen LogP contribution in [0.2, 0.25) is 0 Å². The van der Waals surface area contributed by atoms with Crippen LogP contribution in [-0.2, 0) is 6.42 Å². The Labute approximate surface area is 169 Å². The van der Waals surface area contributed by atoms with Gasteiger partial charge in [-0.3, -0.25) is 0 Å². The lowest BCUT2D eigenvalue weighted by molar-refractivity contribution is 0.185. The maximum absolute atomic E-state index is 6.08. The number of nitrogens with two attached hydrogens (primary N) is 1. The van der Waals surface area contributed by atoms with Gasteiger partial charge in [0.2, 0.25) is 0 Å². The predicted octanol–water partition coefficient (Wildman–Crippen LogP) is 4.78. The fourth-order valence-corrected chi connectivity index (χ4v) is 3.05. The quantitative estimate of drug-likeness (QED) is 0.607. The number of aromatic nitrogens is 2. The van der Waals surface area contributed by atoms with E-state index in [9.17, 15) is 0 Å². The summed E-state index contributed by atoms with van der Waals surface area (Å²) < 4.78 is 17.7. The Morgan fingerprint density at radius 1 is 1.11 bits per heavy atom. The third-order valence-electron chi connectivity index (χ3n) is 4.09. The highest BCUT2D eigenvalue weighted by Crippen LogP contribution is 2.30. The fraction of sp³-hybridized carbons (Fsp3) is 0.500. The van der Waals surface area contributed by atoms with Crippen LogP contribution >= 0.6 is 15.9 Å². The second-order valence-electron chi connectivity index (χ2n) is 6.52. The standard InChI is InChI=1S/C20H28BrN3O3/c1-6-14(7-2)27-20-19(22)23-16(18(21)24-20)10-13-8-9-15(26-12(3)4)11-17(13)25-5/h8-9,11-12,14H,6-7,10H2,1-5H3,(H2,22,23). The highest BCUT2D eigenvalue weighted by atomic mass is 79.9. The molecule has 0 bridgehead atoms. The van der Waals surface area contributed by atoms with Gasteiger partial charge in [0, 0.05) is 18.1 Å². The van der Waals surface area contributed by atoms with Crippen molar-refractivity contribution in [3.8, 4) is 17.4 Å². The summed E-state index contributed by atoms with van der Waals surface area (Å²) in [7, 11) is 1.64. The van der Waals surface area contributed by atoms with Crippen LogP contribution in [0.15, 0.2) is 22.8 Å². The van der Waals surface area contributed by atoms with Crippen LogP contribution in [0.1, 0.15) is 51.8 Å². The largest absolute Gasteiger partial charge is 0.496 e. The minimum absolute atomic E-state index is 0.0768. The van der Waals surface area contributed by atoms with Gasteiger partial charge < -0.3 is 19.9 Å². The molecule has 0 aliphatic rings. The van der Waals surface area contributed by atoms with Crippen molar-refractivity contribution in [2.45, 2.75) is 59.2 Å². The Morgan fingerprint density at radius 2 is 1.81 bits per heavy atom. The van der Waals surface area contributed by atoms with E-state index in [0.717, 1.165) is 35.6 Å². The Bertz CT molecular complexity index is 764. The molecule has 0 saturated heterocycles. The summed E-state index contributed by atoms with van der Waals surface area (Å²) in [5.41, 5.74) is 7.77. The zero-order valence-electron chi connectivity index (χ0n) is 16.6. The van der Waals surface area contributed by atoms with Crippen molar-refractivity contribution in [3.05, 3.63) is 34.1 Å². The van der Waals surface area contributed by atoms with Crippen molar-refractivity contribution in [2.24, 2.45) is 0 Å². The molecule has 0 aliphatic heterocycles. The molecule has 0 aliphatic carbocycles. The van der Waals surface area contributed by atoms with Crippen LogP contribution in [0, 0.1) is 0 Å². The Morgan fingerprint density at radius 3 is 2.41 bits per heavy atom. The van der Waals surface area contributed by atoms with Crippen LogP contribution in [-0.4, -0.2) is 29.3 Å². The van der Waals surface area contributed by atoms with Crippen molar-refractivity contribution in [3.63, 3.8) is 0 Å². The number of hydrogen-bond acceptors (Lipinski definition) is 6. The molecule has 7 heteroatoms. The number of benzene rings is 1. The highest BCUT2D eigenvalue weighted by molar-refractivity contribution is 9.10. The molecule has 0 fully saturated rings. The number of nitrogen functional groups attached to an aromatic ring is 1. The van der Waals surface area contributed by atoms with E-state index in [1.807, 2.05) is 32.0 Å². The molecular weight excluding hydrogens is 410 g/mol. The Hall–Kier alpha value is -2.02. The minimum Gasteiger partial charge on any atom is -0.496 e. The normalized spacial score (nSPS) is 11.1. The first-order valence-electron chi connectivity index (χ1n) is 9.19. The summed E-state index contributed by atoms with van der Waals surface area (Å²) in [4.78, 5) is 8.95. The van der Waals surface area contributed by atoms with Crippen molar-refractivity contribution in [1.82, 2.24) is 9.97 Å². The van der Waals surface area contributed by atoms with Crippen LogP contribution in [0.25, 0.3) is 0 Å². The van der Waals surface area contributed by atoms with E-state index in [1.165, 1.54) is 0 Å². The van der Waals surface area contributed by atoms with Crippen molar-refractivity contribution < 1.29 is 14.2 Å². The average molecular weight is 438 g/mol. The molecular formula is C20H28BrN3O3. The average Bonchev–Trinajstić information content (AvgIpc) is 2.63. The second-order valence-corrected chi connectivity index (χ2v) is 7.28. The lowest BCUT2D eigenvalue weighted by Crippen LogP contribution is -2.16. The van der Waals surface area contributed by atoms with E-state index < -0.39 is 0 Å². The summed E-state index contributed by atoms with van der Waals surface area (Å²) in [6, 6.07) is 5.77. The molecule has 2 N–H and O–H groups in total. The summed E-state index contributed by atoms with van der Waals surface area (Å²) in [6.07, 6.45) is 2.47. The van der Waals surface area contributed by atoms with E-state index in [1.54, 1.807) is 7.11 Å². The molecule has 1 aromatic carbocycles. The number of anilines is 1. The van der Waals surface area contributed by atoms with Crippen molar-refractivity contribution >= 4 is 21.7 Å². The molecule has 2 rings (SSSR count). The lowest BCUT2D eigenvalue weighted by Gasteiger charge is -2.17. The van der Waals surface area contributed by atoms with Crippen LogP contribution in [0.5, 0.6) is 17.4 Å². The first-order valence-corrected chi connectivity index (χ1v) is 9.99. The first-order chi connectivity index (χ1) is 12.9. The summed E-state index contributed by atoms with van der Waals surface area (Å²) in [5, 5.41) is 0. The summed E-state index contributed by atoms with van der Waals surface area (Å²) >= 11 is 3.49. The molecule has 6 nitrogen and oxygen atoms in total. The molecule has 1 aromatic heterocycles. The number of nitrogens with zero attached hydrogens (tertiary/aromatic N) is 2. The van der Waals surface area contributed by atoms with E-state index in [4.69, 9.17) is 19.9 Å². The number of methoxy groups -OCH3 is 1. The minimum atomic E-state index is 0.0768. The van der Waals surface area contributed by atoms with Gasteiger partial charge in [0.1, 0.15) is 22.2 Å². The second kappa shape index (κ2) is 9.78. The van der Waals surface area contributed by atoms with Gasteiger partial charge in [0.25, 0.3) is 5.88 Å². The number of hydrogen-bond donors (Lipinski definition) is 1. The maximum atomic E-state index is 6.08. The topological polar surface area (TPSA) is 79.5 Å². The van der Waals surface area contributed by atoms with Crippen molar-refractivity contribution in [2.75, 3.05) is 12.8 Å². The summed E-state index contributed by atoms with van der Waals surface area (Å²) in [5.74, 6) is 2.16. The molecule has 0 spiro atoms. The van der Waals surface area contributed by atoms with Gasteiger partial charge in [0.15, 0.2) is 5.82 Å². The van der Waals surface area contributed by atoms with Gasteiger partial charge in [-0.05, 0) is 48.7 Å². The Balaban J connectivity index is 2.25. The molecule has 2 aromatic rings. The number of ether oxygens (including phenoxy) is 3. The van der Waals surface area contributed by atoms with E-state index in [-0.39, 0.29) is 12.2 Å². The smallest absolute Gasteiger partial charge is 0.258 e. The van der Waals surface area contributed by atoms with E-state index in [2.05, 4.69) is 39.7 Å². The van der Waals surface area contributed by atoms with Crippen LogP contribution in [0.4, 0.5) is 5.82 Å². The summed E-state index contributed by atoms with van der Waals surface area (Å²) in [6.45, 7) is 8.11. The molecule has 0 amide bonds. The first kappa shape index (κ1) is 21.3. The zero-order chi connectivity index (χ0) is 20.0. The van der Waals surface area contributed by atoms with Gasteiger partial charge >= 0.3 is 0 Å². The molecule has 27 heavy (non-hydrogen) atoms. The lowest BCUT2D eigenvalue weighted by atomic mass is 10.1. The molecule has 0 unspecified atom stereocenters. The fourth-order valence-electron chi connectivity index (χ4n) is 2.66. The van der Waals surface area contributed by atoms with Crippen LogP contribution in [0.3, 0.4) is 0 Å². The van der Waals surface area contributed by atoms with Crippen molar-refractivity contribution in [1.29, 1.82) is 0 Å². The van der Waals surface area contributed by atoms with E-state index >= 15 is 0 Å². The van der Waals surface area contributed by atoms with Gasteiger partial charge in [0.05, 0.1) is 18.9 Å². The molecule has 1 heterocycles. The van der Waals surface area contributed by atoms with Gasteiger partial charge in [-0.2, -0.15) is 0 Å². The SMILES string of the molecule is CCC(CC)Oc1nc(Br)c(Cc2ccc(OC(C)C)cc2OC)nc1N. The van der Waals surface area contributed by atoms with Crippen LogP contribution < -0.4 is 19.9 Å². The van der Waals surface area contributed by atoms with Gasteiger partial charge in [-0.25, -0.2) is 9.97 Å². The third kappa shape index (κ3) is 5.73. The third-order valence-corrected chi connectivity index (χ3v) is 4.72. The van der Waals surface area contributed by atoms with Gasteiger partial charge in [-0.15, -0.1) is 0 Å². The zero-order valence-corrected chi connectivity index (χ0v) is 18.2. The molecule has 0 saturated carbocycles. The maximum Gasteiger partial charge on any atom is 0.258 e. The Kier molecular flexibility index (Phi) is 7.71. The monoisotopic (exact) mass is 437 g/mol. The highest BCUT2D eigenvalue weighted by Gasteiger charge is 2.16. The molecule has 0 atom stereocenters. The molecule has 0 radical (unpaired) electrons. The number of rotatable bonds is 9.